The van der Waals surface area contributed by atoms with E-state index in [-0.39, 0.29) is 5.83 Å². The lowest BCUT2D eigenvalue weighted by atomic mass is 9.99. The number of rotatable bonds is 8. The first-order valence-corrected chi connectivity index (χ1v) is 7.29. The fourth-order valence-corrected chi connectivity index (χ4v) is 1.91. The van der Waals surface area contributed by atoms with Crippen molar-refractivity contribution in [2.45, 2.75) is 34.1 Å². The van der Waals surface area contributed by atoms with E-state index in [9.17, 15) is 4.39 Å². The number of halogens is 1. The zero-order chi connectivity index (χ0) is 17.3. The zero-order valence-corrected chi connectivity index (χ0v) is 14.4. The first kappa shape index (κ1) is 19.9. The van der Waals surface area contributed by atoms with Gasteiger partial charge in [-0.2, -0.15) is 0 Å². The molecule has 0 saturated carbocycles. The quantitative estimate of drug-likeness (QED) is 0.374. The molecule has 0 amide bonds. The van der Waals surface area contributed by atoms with Crippen LogP contribution in [0.1, 0.15) is 34.1 Å². The third-order valence-electron chi connectivity index (χ3n) is 3.21. The molecule has 1 nitrogen and oxygen atoms in total. The molecule has 0 aliphatic carbocycles. The Hall–Kier alpha value is -2.09. The smallest absolute Gasteiger partial charge is 0.122 e. The summed E-state index contributed by atoms with van der Waals surface area (Å²) in [6.07, 6.45) is 7.73. The molecule has 0 rings (SSSR count). The largest absolute Gasteiger partial charge is 0.497 e. The lowest BCUT2D eigenvalue weighted by molar-refractivity contribution is 0.304. The van der Waals surface area contributed by atoms with Crippen LogP contribution in [0.25, 0.3) is 0 Å². The van der Waals surface area contributed by atoms with Crippen LogP contribution in [0.3, 0.4) is 0 Å². The second-order valence-corrected chi connectivity index (χ2v) is 5.00. The maximum absolute atomic E-state index is 13.7. The fraction of sp³-hybridized carbons (Fsp3) is 0.300. The van der Waals surface area contributed by atoms with Crippen molar-refractivity contribution in [1.29, 1.82) is 0 Å². The van der Waals surface area contributed by atoms with Crippen molar-refractivity contribution in [2.75, 3.05) is 7.11 Å². The number of allylic oxidation sites excluding steroid dienone is 9. The lowest BCUT2D eigenvalue weighted by Crippen LogP contribution is -1.94. The molecule has 0 aromatic carbocycles. The highest BCUT2D eigenvalue weighted by atomic mass is 19.1. The molecule has 0 bridgehead atoms. The summed E-state index contributed by atoms with van der Waals surface area (Å²) in [7, 11) is 1.59. The van der Waals surface area contributed by atoms with Gasteiger partial charge in [-0.25, -0.2) is 4.39 Å². The van der Waals surface area contributed by atoms with E-state index in [2.05, 4.69) is 19.7 Å². The Morgan fingerprint density at radius 1 is 1.05 bits per heavy atom. The summed E-state index contributed by atoms with van der Waals surface area (Å²) in [5.74, 6) is 0.373. The van der Waals surface area contributed by atoms with E-state index in [1.807, 2.05) is 32.9 Å². The van der Waals surface area contributed by atoms with Crippen LogP contribution in [-0.4, -0.2) is 7.11 Å². The number of ether oxygens (including phenoxy) is 1. The maximum Gasteiger partial charge on any atom is 0.122 e. The molecule has 0 atom stereocenters. The summed E-state index contributed by atoms with van der Waals surface area (Å²) in [5.41, 5.74) is 3.83. The van der Waals surface area contributed by atoms with Crippen LogP contribution >= 0.6 is 0 Å². The van der Waals surface area contributed by atoms with Crippen LogP contribution in [0.4, 0.5) is 4.39 Å². The predicted octanol–water partition coefficient (Wildman–Crippen LogP) is 6.36. The van der Waals surface area contributed by atoms with Crippen molar-refractivity contribution >= 4 is 0 Å². The normalized spacial score (nSPS) is 13.9. The van der Waals surface area contributed by atoms with Gasteiger partial charge in [-0.05, 0) is 61.6 Å². The van der Waals surface area contributed by atoms with Gasteiger partial charge in [0.2, 0.25) is 0 Å². The van der Waals surface area contributed by atoms with Crippen molar-refractivity contribution in [3.63, 3.8) is 0 Å². The van der Waals surface area contributed by atoms with Crippen LogP contribution in [0.5, 0.6) is 0 Å². The van der Waals surface area contributed by atoms with Crippen molar-refractivity contribution < 1.29 is 9.13 Å². The minimum Gasteiger partial charge on any atom is -0.497 e. The molecule has 2 heteroatoms. The molecular weight excluding hydrogens is 275 g/mol. The number of hydrogen-bond donors (Lipinski definition) is 0. The zero-order valence-electron chi connectivity index (χ0n) is 14.4. The van der Waals surface area contributed by atoms with Gasteiger partial charge in [-0.1, -0.05) is 38.8 Å². The second-order valence-electron chi connectivity index (χ2n) is 5.00. The molecule has 0 unspecified atom stereocenters. The minimum atomic E-state index is -0.223. The predicted molar refractivity (Wildman–Crippen MR) is 95.2 cm³/mol. The SMILES string of the molecule is C=C(/C=C(C)\C(F)=C/CC)C(=C)/C=C(C)\C(=C/C)C(=C)OC. The van der Waals surface area contributed by atoms with Gasteiger partial charge >= 0.3 is 0 Å². The highest BCUT2D eigenvalue weighted by Crippen LogP contribution is 2.23. The summed E-state index contributed by atoms with van der Waals surface area (Å²) in [5, 5.41) is 0. The van der Waals surface area contributed by atoms with Gasteiger partial charge in [0.05, 0.1) is 7.11 Å². The molecular formula is C20H27FO. The summed E-state index contributed by atoms with van der Waals surface area (Å²) >= 11 is 0. The van der Waals surface area contributed by atoms with Gasteiger partial charge in [-0.15, -0.1) is 0 Å². The minimum absolute atomic E-state index is 0.223. The molecule has 0 aliphatic heterocycles. The van der Waals surface area contributed by atoms with E-state index < -0.39 is 0 Å². The lowest BCUT2D eigenvalue weighted by Gasteiger charge is -2.11. The molecule has 120 valence electrons. The van der Waals surface area contributed by atoms with E-state index in [1.54, 1.807) is 26.2 Å². The molecule has 0 aromatic rings. The number of hydrogen-bond acceptors (Lipinski definition) is 1. The Kier molecular flexibility index (Phi) is 8.85. The van der Waals surface area contributed by atoms with Gasteiger partial charge in [0.15, 0.2) is 0 Å². The van der Waals surface area contributed by atoms with Crippen LogP contribution < -0.4 is 0 Å². The van der Waals surface area contributed by atoms with Crippen molar-refractivity contribution in [3.8, 4) is 0 Å². The Labute approximate surface area is 134 Å². The van der Waals surface area contributed by atoms with Gasteiger partial charge in [0, 0.05) is 5.57 Å². The topological polar surface area (TPSA) is 9.23 Å². The Morgan fingerprint density at radius 3 is 1.95 bits per heavy atom. The maximum atomic E-state index is 13.7. The van der Waals surface area contributed by atoms with Crippen molar-refractivity contribution in [3.05, 3.63) is 83.5 Å². The Morgan fingerprint density at radius 2 is 1.55 bits per heavy atom. The highest BCUT2D eigenvalue weighted by Gasteiger charge is 2.06. The highest BCUT2D eigenvalue weighted by molar-refractivity contribution is 5.51. The third kappa shape index (κ3) is 6.13. The summed E-state index contributed by atoms with van der Waals surface area (Å²) in [6, 6.07) is 0. The fourth-order valence-electron chi connectivity index (χ4n) is 1.91. The average Bonchev–Trinajstić information content (AvgIpc) is 2.47. The van der Waals surface area contributed by atoms with Crippen LogP contribution in [-0.2, 0) is 4.74 Å². The molecule has 0 heterocycles. The monoisotopic (exact) mass is 302 g/mol. The van der Waals surface area contributed by atoms with Gasteiger partial charge in [0.1, 0.15) is 11.6 Å². The molecule has 0 N–H and O–H groups in total. The standard InChI is InChI=1S/C20H27FO/c1-9-11-20(21)17(6)13-15(4)14(3)12-16(5)19(10-2)18(7)22-8/h10-13H,3-4,7,9H2,1-2,5-6,8H3/b16-12-,17-13-,19-10+,20-11+. The molecule has 22 heavy (non-hydrogen) atoms. The molecule has 0 fully saturated rings. The molecule has 0 saturated heterocycles. The first-order chi connectivity index (χ1) is 10.3. The number of methoxy groups -OCH3 is 1. The average molecular weight is 302 g/mol. The van der Waals surface area contributed by atoms with Gasteiger partial charge < -0.3 is 4.74 Å². The van der Waals surface area contributed by atoms with E-state index in [4.69, 9.17) is 4.74 Å². The van der Waals surface area contributed by atoms with E-state index >= 15 is 0 Å². The molecule has 0 aromatic heterocycles. The molecule has 0 spiro atoms. The molecule has 0 aliphatic rings. The van der Waals surface area contributed by atoms with Crippen LogP contribution in [0.2, 0.25) is 0 Å². The first-order valence-electron chi connectivity index (χ1n) is 7.29. The van der Waals surface area contributed by atoms with E-state index in [1.165, 1.54) is 0 Å². The van der Waals surface area contributed by atoms with Crippen LogP contribution in [0, 0.1) is 0 Å². The summed E-state index contributed by atoms with van der Waals surface area (Å²) < 4.78 is 18.9. The van der Waals surface area contributed by atoms with Crippen molar-refractivity contribution in [1.82, 2.24) is 0 Å². The third-order valence-corrected chi connectivity index (χ3v) is 3.21. The van der Waals surface area contributed by atoms with E-state index in [0.29, 0.717) is 23.3 Å². The van der Waals surface area contributed by atoms with Gasteiger partial charge in [-0.3, -0.25) is 0 Å². The summed E-state index contributed by atoms with van der Waals surface area (Å²) in [6.45, 7) is 19.3. The summed E-state index contributed by atoms with van der Waals surface area (Å²) in [4.78, 5) is 0. The van der Waals surface area contributed by atoms with Gasteiger partial charge in [0.25, 0.3) is 0 Å². The second kappa shape index (κ2) is 9.78. The van der Waals surface area contributed by atoms with Crippen LogP contribution in [0.15, 0.2) is 83.5 Å². The Balaban J connectivity index is 5.25. The molecule has 0 radical (unpaired) electrons. The van der Waals surface area contributed by atoms with E-state index in [0.717, 1.165) is 16.7 Å². The Bertz CT molecular complexity index is 569. The van der Waals surface area contributed by atoms with Crippen molar-refractivity contribution in [2.24, 2.45) is 0 Å².